The van der Waals surface area contributed by atoms with E-state index < -0.39 is 0 Å². The van der Waals surface area contributed by atoms with Crippen molar-refractivity contribution in [2.75, 3.05) is 0 Å². The van der Waals surface area contributed by atoms with Crippen LogP contribution >= 0.6 is 11.6 Å². The highest BCUT2D eigenvalue weighted by Crippen LogP contribution is 2.36. The van der Waals surface area contributed by atoms with Gasteiger partial charge in [-0.2, -0.15) is 0 Å². The Morgan fingerprint density at radius 3 is 2.38 bits per heavy atom. The van der Waals surface area contributed by atoms with Gasteiger partial charge in [-0.15, -0.1) is 0 Å². The Labute approximate surface area is 130 Å². The van der Waals surface area contributed by atoms with Gasteiger partial charge >= 0.3 is 0 Å². The van der Waals surface area contributed by atoms with Crippen LogP contribution in [-0.4, -0.2) is 6.29 Å². The third-order valence-corrected chi connectivity index (χ3v) is 3.50. The van der Waals surface area contributed by atoms with Crippen LogP contribution in [0, 0.1) is 6.92 Å². The molecule has 0 aliphatic heterocycles. The highest BCUT2D eigenvalue weighted by atomic mass is 35.5. The molecule has 0 saturated carbocycles. The molecule has 0 spiro atoms. The van der Waals surface area contributed by atoms with Crippen LogP contribution in [0.3, 0.4) is 0 Å². The van der Waals surface area contributed by atoms with E-state index in [1.54, 1.807) is 18.2 Å². The summed E-state index contributed by atoms with van der Waals surface area (Å²) in [5.74, 6) is 1.29. The van der Waals surface area contributed by atoms with Crippen LogP contribution in [0.4, 0.5) is 0 Å². The number of aryl methyl sites for hydroxylation is 1. The molecule has 3 heteroatoms. The molecule has 0 bridgehead atoms. The third kappa shape index (κ3) is 3.64. The van der Waals surface area contributed by atoms with Crippen molar-refractivity contribution >= 4 is 17.9 Å². The van der Waals surface area contributed by atoms with Gasteiger partial charge in [0.15, 0.2) is 6.29 Å². The molecule has 0 aliphatic rings. The van der Waals surface area contributed by atoms with E-state index in [0.29, 0.717) is 16.3 Å². The Kier molecular flexibility index (Phi) is 4.38. The number of ether oxygens (including phenoxy) is 1. The van der Waals surface area contributed by atoms with Gasteiger partial charge in [-0.25, -0.2) is 0 Å². The van der Waals surface area contributed by atoms with E-state index in [0.717, 1.165) is 23.2 Å². The van der Waals surface area contributed by atoms with Gasteiger partial charge in [0.2, 0.25) is 0 Å². The number of benzene rings is 2. The molecule has 110 valence electrons. The molecule has 0 radical (unpaired) electrons. The minimum Gasteiger partial charge on any atom is -0.456 e. The van der Waals surface area contributed by atoms with Crippen molar-refractivity contribution in [3.8, 4) is 11.5 Å². The van der Waals surface area contributed by atoms with E-state index >= 15 is 0 Å². The normalized spacial score (nSPS) is 11.3. The molecule has 0 fully saturated rings. The molecule has 0 aliphatic carbocycles. The lowest BCUT2D eigenvalue weighted by Crippen LogP contribution is -2.12. The van der Waals surface area contributed by atoms with Crippen molar-refractivity contribution in [2.45, 2.75) is 33.1 Å². The SMILES string of the molecule is Cc1ccc(C(C)(C)C)c(Oc2ccc(Cl)cc2C=O)c1. The maximum atomic E-state index is 11.2. The molecule has 0 N–H and O–H groups in total. The number of aldehydes is 1. The number of rotatable bonds is 3. The third-order valence-electron chi connectivity index (χ3n) is 3.26. The van der Waals surface area contributed by atoms with E-state index in [9.17, 15) is 4.79 Å². The van der Waals surface area contributed by atoms with Gasteiger partial charge in [0.1, 0.15) is 11.5 Å². The van der Waals surface area contributed by atoms with E-state index in [-0.39, 0.29) is 5.41 Å². The standard InChI is InChI=1S/C18H19ClO2/c1-12-5-7-15(18(2,3)4)17(9-12)21-16-8-6-14(19)10-13(16)11-20/h5-11H,1-4H3. The summed E-state index contributed by atoms with van der Waals surface area (Å²) in [5, 5.41) is 0.518. The van der Waals surface area contributed by atoms with Gasteiger partial charge in [-0.1, -0.05) is 44.5 Å². The van der Waals surface area contributed by atoms with Crippen molar-refractivity contribution in [1.82, 2.24) is 0 Å². The Bertz CT molecular complexity index is 669. The Morgan fingerprint density at radius 1 is 1.05 bits per heavy atom. The van der Waals surface area contributed by atoms with E-state index in [4.69, 9.17) is 16.3 Å². The Hall–Kier alpha value is -1.80. The summed E-state index contributed by atoms with van der Waals surface area (Å²) in [7, 11) is 0. The van der Waals surface area contributed by atoms with Crippen LogP contribution < -0.4 is 4.74 Å². The Balaban J connectivity index is 2.49. The number of carbonyl (C=O) groups is 1. The second kappa shape index (κ2) is 5.90. The summed E-state index contributed by atoms with van der Waals surface area (Å²) >= 11 is 5.91. The van der Waals surface area contributed by atoms with Crippen molar-refractivity contribution in [3.63, 3.8) is 0 Å². The summed E-state index contributed by atoms with van der Waals surface area (Å²) in [5.41, 5.74) is 2.61. The molecule has 2 rings (SSSR count). The maximum absolute atomic E-state index is 11.2. The highest BCUT2D eigenvalue weighted by Gasteiger charge is 2.20. The fourth-order valence-electron chi connectivity index (χ4n) is 2.16. The predicted octanol–water partition coefficient (Wildman–Crippen LogP) is 5.55. The van der Waals surface area contributed by atoms with Gasteiger partial charge in [0.25, 0.3) is 0 Å². The Morgan fingerprint density at radius 2 is 1.76 bits per heavy atom. The summed E-state index contributed by atoms with van der Waals surface area (Å²) in [6.07, 6.45) is 0.758. The van der Waals surface area contributed by atoms with Crippen molar-refractivity contribution in [1.29, 1.82) is 0 Å². The quantitative estimate of drug-likeness (QED) is 0.695. The second-order valence-electron chi connectivity index (χ2n) is 6.15. The van der Waals surface area contributed by atoms with Crippen molar-refractivity contribution in [2.24, 2.45) is 0 Å². The van der Waals surface area contributed by atoms with Crippen molar-refractivity contribution < 1.29 is 9.53 Å². The van der Waals surface area contributed by atoms with Gasteiger partial charge < -0.3 is 4.74 Å². The summed E-state index contributed by atoms with van der Waals surface area (Å²) in [6, 6.07) is 11.2. The lowest BCUT2D eigenvalue weighted by Gasteiger charge is -2.23. The van der Waals surface area contributed by atoms with Crippen molar-refractivity contribution in [3.05, 3.63) is 58.1 Å². The first-order valence-corrected chi connectivity index (χ1v) is 7.23. The van der Waals surface area contributed by atoms with Crippen LogP contribution in [0.25, 0.3) is 0 Å². The van der Waals surface area contributed by atoms with E-state index in [1.807, 2.05) is 13.0 Å². The molecule has 0 heterocycles. The average molecular weight is 303 g/mol. The molecule has 0 aromatic heterocycles. The topological polar surface area (TPSA) is 26.3 Å². The smallest absolute Gasteiger partial charge is 0.153 e. The number of hydrogen-bond donors (Lipinski definition) is 0. The first kappa shape index (κ1) is 15.6. The zero-order valence-electron chi connectivity index (χ0n) is 12.7. The first-order valence-electron chi connectivity index (χ1n) is 6.85. The molecule has 0 unspecified atom stereocenters. The number of carbonyl (C=O) groups excluding carboxylic acids is 1. The van der Waals surface area contributed by atoms with Crippen LogP contribution in [-0.2, 0) is 5.41 Å². The van der Waals surface area contributed by atoms with Crippen LogP contribution in [0.1, 0.15) is 42.3 Å². The fraction of sp³-hybridized carbons (Fsp3) is 0.278. The molecular formula is C18H19ClO2. The lowest BCUT2D eigenvalue weighted by molar-refractivity contribution is 0.112. The largest absolute Gasteiger partial charge is 0.456 e. The maximum Gasteiger partial charge on any atom is 0.153 e. The van der Waals surface area contributed by atoms with E-state index in [2.05, 4.69) is 32.9 Å². The molecule has 21 heavy (non-hydrogen) atoms. The number of hydrogen-bond acceptors (Lipinski definition) is 2. The van der Waals surface area contributed by atoms with Crippen LogP contribution in [0.2, 0.25) is 5.02 Å². The predicted molar refractivity (Wildman–Crippen MR) is 86.8 cm³/mol. The van der Waals surface area contributed by atoms with Gasteiger partial charge in [0.05, 0.1) is 5.56 Å². The first-order chi connectivity index (χ1) is 9.81. The number of halogens is 1. The molecule has 2 nitrogen and oxygen atoms in total. The summed E-state index contributed by atoms with van der Waals surface area (Å²) in [4.78, 5) is 11.2. The summed E-state index contributed by atoms with van der Waals surface area (Å²) < 4.78 is 6.00. The molecule has 0 amide bonds. The fourth-order valence-corrected chi connectivity index (χ4v) is 2.34. The van der Waals surface area contributed by atoms with Gasteiger partial charge in [0, 0.05) is 10.6 Å². The molecule has 0 saturated heterocycles. The molecule has 0 atom stereocenters. The second-order valence-corrected chi connectivity index (χ2v) is 6.59. The van der Waals surface area contributed by atoms with Crippen LogP contribution in [0.5, 0.6) is 11.5 Å². The molecule has 2 aromatic carbocycles. The highest BCUT2D eigenvalue weighted by molar-refractivity contribution is 6.30. The minimum absolute atomic E-state index is 0.0448. The zero-order valence-corrected chi connectivity index (χ0v) is 13.5. The molecular weight excluding hydrogens is 284 g/mol. The minimum atomic E-state index is -0.0448. The lowest BCUT2D eigenvalue weighted by atomic mass is 9.86. The average Bonchev–Trinajstić information content (AvgIpc) is 2.39. The van der Waals surface area contributed by atoms with E-state index in [1.165, 1.54) is 0 Å². The zero-order chi connectivity index (χ0) is 15.6. The molecule has 2 aromatic rings. The monoisotopic (exact) mass is 302 g/mol. The van der Waals surface area contributed by atoms with Crippen LogP contribution in [0.15, 0.2) is 36.4 Å². The van der Waals surface area contributed by atoms with Gasteiger partial charge in [-0.05, 0) is 42.2 Å². The van der Waals surface area contributed by atoms with Gasteiger partial charge in [-0.3, -0.25) is 4.79 Å². The summed E-state index contributed by atoms with van der Waals surface area (Å²) in [6.45, 7) is 8.41.